The summed E-state index contributed by atoms with van der Waals surface area (Å²) in [6.45, 7) is 0.947. The van der Waals surface area contributed by atoms with E-state index in [9.17, 15) is 13.2 Å². The van der Waals surface area contributed by atoms with Crippen molar-refractivity contribution in [3.63, 3.8) is 0 Å². The van der Waals surface area contributed by atoms with Crippen molar-refractivity contribution >= 4 is 15.9 Å². The van der Waals surface area contributed by atoms with Gasteiger partial charge in [0.1, 0.15) is 11.0 Å². The number of aromatic nitrogens is 1. The summed E-state index contributed by atoms with van der Waals surface area (Å²) in [5, 5.41) is 9.02. The average Bonchev–Trinajstić information content (AvgIpc) is 2.88. The second-order valence-electron chi connectivity index (χ2n) is 5.10. The smallest absolute Gasteiger partial charge is 0.246 e. The van der Waals surface area contributed by atoms with Crippen LogP contribution in [0, 0.1) is 11.3 Å². The fraction of sp³-hybridized carbons (Fsp3) is 0.462. The van der Waals surface area contributed by atoms with Gasteiger partial charge in [-0.05, 0) is 18.6 Å². The lowest BCUT2D eigenvalue weighted by molar-refractivity contribution is -0.130. The van der Waals surface area contributed by atoms with Crippen molar-refractivity contribution in [3.05, 3.63) is 24.0 Å². The number of pyridine rings is 1. The zero-order valence-electron chi connectivity index (χ0n) is 11.3. The Morgan fingerprint density at radius 3 is 2.95 bits per heavy atom. The number of piperazine rings is 1. The third kappa shape index (κ3) is 2.28. The van der Waals surface area contributed by atoms with Gasteiger partial charge in [0.2, 0.25) is 15.9 Å². The first-order valence-corrected chi connectivity index (χ1v) is 8.13. The molecule has 0 radical (unpaired) electrons. The van der Waals surface area contributed by atoms with Crippen LogP contribution in [-0.2, 0) is 14.8 Å². The van der Waals surface area contributed by atoms with Gasteiger partial charge < -0.3 is 4.90 Å². The fourth-order valence-electron chi connectivity index (χ4n) is 2.88. The lowest BCUT2D eigenvalue weighted by Gasteiger charge is -2.36. The van der Waals surface area contributed by atoms with Gasteiger partial charge in [0.05, 0.1) is 0 Å². The van der Waals surface area contributed by atoms with Crippen molar-refractivity contribution in [3.8, 4) is 6.07 Å². The van der Waals surface area contributed by atoms with Crippen LogP contribution in [0.5, 0.6) is 0 Å². The molecule has 0 bridgehead atoms. The predicted molar refractivity (Wildman–Crippen MR) is 72.4 cm³/mol. The van der Waals surface area contributed by atoms with E-state index in [2.05, 4.69) is 4.98 Å². The zero-order valence-corrected chi connectivity index (χ0v) is 12.1. The van der Waals surface area contributed by atoms with Crippen LogP contribution in [-0.4, -0.2) is 54.2 Å². The first kappa shape index (κ1) is 14.0. The average molecular weight is 306 g/mol. The van der Waals surface area contributed by atoms with Gasteiger partial charge in [0.15, 0.2) is 5.69 Å². The van der Waals surface area contributed by atoms with Gasteiger partial charge in [0, 0.05) is 38.3 Å². The van der Waals surface area contributed by atoms with Crippen molar-refractivity contribution < 1.29 is 13.2 Å². The summed E-state index contributed by atoms with van der Waals surface area (Å²) in [6.07, 6.45) is 2.56. The number of nitrogens with zero attached hydrogens (tertiary/aromatic N) is 4. The highest BCUT2D eigenvalue weighted by Gasteiger charge is 2.40. The Hall–Kier alpha value is -1.98. The van der Waals surface area contributed by atoms with E-state index < -0.39 is 10.0 Å². The van der Waals surface area contributed by atoms with E-state index >= 15 is 0 Å². The monoisotopic (exact) mass is 306 g/mol. The first-order valence-electron chi connectivity index (χ1n) is 6.69. The van der Waals surface area contributed by atoms with Gasteiger partial charge in [-0.25, -0.2) is 13.4 Å². The summed E-state index contributed by atoms with van der Waals surface area (Å²) in [7, 11) is -3.75. The minimum absolute atomic E-state index is 0.0526. The molecule has 3 heterocycles. The summed E-state index contributed by atoms with van der Waals surface area (Å²) in [5.74, 6) is 0.0936. The Balaban J connectivity index is 1.90. The number of carbonyl (C=O) groups excluding carboxylic acids is 1. The Kier molecular flexibility index (Phi) is 3.39. The van der Waals surface area contributed by atoms with E-state index in [4.69, 9.17) is 5.26 Å². The van der Waals surface area contributed by atoms with Crippen LogP contribution >= 0.6 is 0 Å². The van der Waals surface area contributed by atoms with Gasteiger partial charge in [-0.15, -0.1) is 0 Å². The molecule has 2 aliphatic rings. The molecule has 21 heavy (non-hydrogen) atoms. The maximum absolute atomic E-state index is 12.7. The maximum atomic E-state index is 12.7. The number of sulfonamides is 1. The summed E-state index contributed by atoms with van der Waals surface area (Å²) in [6, 6.07) is 4.66. The van der Waals surface area contributed by atoms with Gasteiger partial charge >= 0.3 is 0 Å². The van der Waals surface area contributed by atoms with Gasteiger partial charge in [-0.3, -0.25) is 4.79 Å². The van der Waals surface area contributed by atoms with Gasteiger partial charge in [-0.1, -0.05) is 0 Å². The van der Waals surface area contributed by atoms with E-state index in [1.807, 2.05) is 6.07 Å². The van der Waals surface area contributed by atoms with Crippen molar-refractivity contribution in [1.29, 1.82) is 5.26 Å². The molecule has 0 N–H and O–H groups in total. The topological polar surface area (TPSA) is 94.4 Å². The van der Waals surface area contributed by atoms with Crippen molar-refractivity contribution in [1.82, 2.24) is 14.2 Å². The van der Waals surface area contributed by atoms with Crippen LogP contribution in [0.4, 0.5) is 0 Å². The maximum Gasteiger partial charge on any atom is 0.246 e. The van der Waals surface area contributed by atoms with Crippen LogP contribution in [0.25, 0.3) is 0 Å². The Labute approximate surface area is 122 Å². The molecule has 1 aromatic heterocycles. The highest BCUT2D eigenvalue weighted by molar-refractivity contribution is 7.89. The number of nitriles is 1. The number of rotatable bonds is 2. The highest BCUT2D eigenvalue weighted by Crippen LogP contribution is 2.27. The van der Waals surface area contributed by atoms with Crippen LogP contribution < -0.4 is 0 Å². The minimum atomic E-state index is -3.75. The number of hydrogen-bond acceptors (Lipinski definition) is 5. The summed E-state index contributed by atoms with van der Waals surface area (Å²) < 4.78 is 26.7. The Bertz CT molecular complexity index is 725. The normalized spacial score (nSPS) is 22.9. The number of amides is 1. The lowest BCUT2D eigenvalue weighted by Crippen LogP contribution is -2.53. The molecule has 1 atom stereocenters. The van der Waals surface area contributed by atoms with Crippen LogP contribution in [0.3, 0.4) is 0 Å². The molecule has 0 saturated carbocycles. The molecular formula is C13H14N4O3S. The zero-order chi connectivity index (χ0) is 15.0. The number of carbonyl (C=O) groups is 1. The molecule has 1 amide bonds. The molecule has 8 heteroatoms. The summed E-state index contributed by atoms with van der Waals surface area (Å²) in [4.78, 5) is 17.1. The van der Waals surface area contributed by atoms with Gasteiger partial charge in [-0.2, -0.15) is 9.57 Å². The molecule has 0 aliphatic carbocycles. The van der Waals surface area contributed by atoms with Crippen molar-refractivity contribution in [2.75, 3.05) is 19.6 Å². The first-order chi connectivity index (χ1) is 10.0. The molecule has 2 saturated heterocycles. The SMILES string of the molecule is N#Cc1ncccc1S(=O)(=O)N1CCN2C(=O)CCC2C1. The van der Waals surface area contributed by atoms with E-state index in [1.54, 1.807) is 4.90 Å². The molecule has 1 aromatic rings. The predicted octanol–water partition coefficient (Wildman–Crippen LogP) is -0.0514. The molecule has 0 spiro atoms. The molecule has 2 fully saturated rings. The molecule has 3 rings (SSSR count). The van der Waals surface area contributed by atoms with E-state index in [0.717, 1.165) is 0 Å². The molecular weight excluding hydrogens is 292 g/mol. The van der Waals surface area contributed by atoms with Crippen LogP contribution in [0.15, 0.2) is 23.2 Å². The van der Waals surface area contributed by atoms with E-state index in [0.29, 0.717) is 19.4 Å². The molecule has 7 nitrogen and oxygen atoms in total. The Morgan fingerprint density at radius 1 is 1.38 bits per heavy atom. The second kappa shape index (κ2) is 5.09. The summed E-state index contributed by atoms with van der Waals surface area (Å²) >= 11 is 0. The van der Waals surface area contributed by atoms with Gasteiger partial charge in [0.25, 0.3) is 0 Å². The number of fused-ring (bicyclic) bond motifs is 1. The molecule has 0 aromatic carbocycles. The molecule has 110 valence electrons. The van der Waals surface area contributed by atoms with Crippen LogP contribution in [0.1, 0.15) is 18.5 Å². The number of hydrogen-bond donors (Lipinski definition) is 0. The molecule has 1 unspecified atom stereocenters. The Morgan fingerprint density at radius 2 is 2.19 bits per heavy atom. The second-order valence-corrected chi connectivity index (χ2v) is 7.01. The molecule has 2 aliphatic heterocycles. The van der Waals surface area contributed by atoms with E-state index in [-0.39, 0.29) is 35.6 Å². The van der Waals surface area contributed by atoms with Crippen molar-refractivity contribution in [2.24, 2.45) is 0 Å². The minimum Gasteiger partial charge on any atom is -0.337 e. The largest absolute Gasteiger partial charge is 0.337 e. The standard InChI is InChI=1S/C13H14N4O3S/c14-8-11-12(2-1-5-15-11)21(19,20)16-6-7-17-10(9-16)3-4-13(17)18/h1-2,5,10H,3-4,6-7,9H2. The lowest BCUT2D eigenvalue weighted by atomic mass is 10.2. The summed E-state index contributed by atoms with van der Waals surface area (Å²) in [5.41, 5.74) is -0.0950. The highest BCUT2D eigenvalue weighted by atomic mass is 32.2. The van der Waals surface area contributed by atoms with Crippen molar-refractivity contribution in [2.45, 2.75) is 23.8 Å². The third-order valence-electron chi connectivity index (χ3n) is 3.95. The van der Waals surface area contributed by atoms with E-state index in [1.165, 1.54) is 22.6 Å². The fourth-order valence-corrected chi connectivity index (χ4v) is 4.44. The van der Waals surface area contributed by atoms with Crippen LogP contribution in [0.2, 0.25) is 0 Å². The third-order valence-corrected chi connectivity index (χ3v) is 5.85. The quantitative estimate of drug-likeness (QED) is 0.763.